The molecule has 1 aromatic carbocycles. The monoisotopic (exact) mass is 317 g/mol. The summed E-state index contributed by atoms with van der Waals surface area (Å²) in [6.07, 6.45) is 0.643. The second-order valence-corrected chi connectivity index (χ2v) is 6.22. The van der Waals surface area contributed by atoms with E-state index in [0.29, 0.717) is 35.3 Å². The van der Waals surface area contributed by atoms with E-state index in [4.69, 9.17) is 27.9 Å². The van der Waals surface area contributed by atoms with Crippen molar-refractivity contribution in [1.82, 2.24) is 4.90 Å². The van der Waals surface area contributed by atoms with Crippen molar-refractivity contribution in [3.63, 3.8) is 0 Å². The third kappa shape index (κ3) is 3.03. The molecular formula is C14H17Cl2NO3. The highest BCUT2D eigenvalue weighted by atomic mass is 35.5. The van der Waals surface area contributed by atoms with Crippen molar-refractivity contribution in [2.75, 3.05) is 20.2 Å². The maximum Gasteiger partial charge on any atom is 0.310 e. The van der Waals surface area contributed by atoms with Crippen molar-refractivity contribution >= 4 is 29.2 Å². The lowest BCUT2D eigenvalue weighted by molar-refractivity contribution is -0.147. The lowest BCUT2D eigenvalue weighted by Gasteiger charge is -2.20. The Labute approximate surface area is 128 Å². The first-order valence-corrected chi connectivity index (χ1v) is 7.09. The SMILES string of the molecule is COc1cc(Cl)c(CN2CCC(C)(C(=O)O)C2)cc1Cl. The number of ether oxygens (including phenoxy) is 1. The Morgan fingerprint density at radius 3 is 2.70 bits per heavy atom. The highest BCUT2D eigenvalue weighted by Gasteiger charge is 2.40. The minimum Gasteiger partial charge on any atom is -0.495 e. The lowest BCUT2D eigenvalue weighted by Crippen LogP contribution is -2.31. The summed E-state index contributed by atoms with van der Waals surface area (Å²) in [6.45, 7) is 3.62. The standard InChI is InChI=1S/C14H17Cl2NO3/c1-14(13(18)19)3-4-17(8-14)7-9-5-11(16)12(20-2)6-10(9)15/h5-6H,3-4,7-8H2,1-2H3,(H,18,19). The van der Waals surface area contributed by atoms with Gasteiger partial charge >= 0.3 is 5.97 Å². The van der Waals surface area contributed by atoms with Crippen LogP contribution in [0, 0.1) is 5.41 Å². The van der Waals surface area contributed by atoms with Gasteiger partial charge in [-0.15, -0.1) is 0 Å². The van der Waals surface area contributed by atoms with E-state index < -0.39 is 11.4 Å². The maximum absolute atomic E-state index is 11.2. The van der Waals surface area contributed by atoms with Crippen LogP contribution in [0.5, 0.6) is 5.75 Å². The number of hydrogen-bond donors (Lipinski definition) is 1. The van der Waals surface area contributed by atoms with Gasteiger partial charge in [-0.2, -0.15) is 0 Å². The molecular weight excluding hydrogens is 301 g/mol. The molecule has 1 aliphatic rings. The largest absolute Gasteiger partial charge is 0.495 e. The molecule has 1 saturated heterocycles. The van der Waals surface area contributed by atoms with Gasteiger partial charge in [0, 0.05) is 24.2 Å². The van der Waals surface area contributed by atoms with Crippen LogP contribution in [-0.2, 0) is 11.3 Å². The molecule has 1 fully saturated rings. The molecule has 0 saturated carbocycles. The molecule has 0 amide bonds. The minimum atomic E-state index is -0.751. The summed E-state index contributed by atoms with van der Waals surface area (Å²) in [5.74, 6) is -0.212. The fourth-order valence-electron chi connectivity index (χ4n) is 2.45. The van der Waals surface area contributed by atoms with Crippen molar-refractivity contribution in [2.24, 2.45) is 5.41 Å². The molecule has 1 aliphatic heterocycles. The van der Waals surface area contributed by atoms with Gasteiger partial charge in [-0.25, -0.2) is 0 Å². The highest BCUT2D eigenvalue weighted by Crippen LogP contribution is 2.35. The first-order valence-electron chi connectivity index (χ1n) is 6.33. The molecule has 0 spiro atoms. The Hall–Kier alpha value is -0.970. The molecule has 0 radical (unpaired) electrons. The summed E-state index contributed by atoms with van der Waals surface area (Å²) in [4.78, 5) is 13.3. The molecule has 20 heavy (non-hydrogen) atoms. The van der Waals surface area contributed by atoms with Gasteiger partial charge in [-0.05, 0) is 31.5 Å². The van der Waals surface area contributed by atoms with E-state index >= 15 is 0 Å². The van der Waals surface area contributed by atoms with Gasteiger partial charge in [-0.3, -0.25) is 9.69 Å². The van der Waals surface area contributed by atoms with Gasteiger partial charge in [0.1, 0.15) is 5.75 Å². The van der Waals surface area contributed by atoms with Crippen LogP contribution < -0.4 is 4.74 Å². The highest BCUT2D eigenvalue weighted by molar-refractivity contribution is 6.34. The molecule has 6 heteroatoms. The van der Waals surface area contributed by atoms with Crippen molar-refractivity contribution < 1.29 is 14.6 Å². The smallest absolute Gasteiger partial charge is 0.310 e. The number of benzene rings is 1. The topological polar surface area (TPSA) is 49.8 Å². The third-order valence-electron chi connectivity index (χ3n) is 3.78. The Morgan fingerprint density at radius 1 is 1.45 bits per heavy atom. The number of aliphatic carboxylic acids is 1. The van der Waals surface area contributed by atoms with E-state index in [1.807, 2.05) is 0 Å². The summed E-state index contributed by atoms with van der Waals surface area (Å²) in [5.41, 5.74) is 0.204. The zero-order valence-electron chi connectivity index (χ0n) is 11.4. The van der Waals surface area contributed by atoms with Crippen molar-refractivity contribution in [3.8, 4) is 5.75 Å². The number of hydrogen-bond acceptors (Lipinski definition) is 3. The summed E-state index contributed by atoms with van der Waals surface area (Å²) in [6, 6.07) is 3.46. The molecule has 0 aromatic heterocycles. The van der Waals surface area contributed by atoms with Gasteiger partial charge in [0.05, 0.1) is 17.5 Å². The molecule has 1 heterocycles. The van der Waals surface area contributed by atoms with Gasteiger partial charge in [0.15, 0.2) is 0 Å². The Bertz CT molecular complexity index is 535. The maximum atomic E-state index is 11.2. The lowest BCUT2D eigenvalue weighted by atomic mass is 9.90. The fourth-order valence-corrected chi connectivity index (χ4v) is 2.93. The zero-order valence-corrected chi connectivity index (χ0v) is 13.0. The first kappa shape index (κ1) is 15.4. The van der Waals surface area contributed by atoms with Crippen molar-refractivity contribution in [2.45, 2.75) is 19.9 Å². The summed E-state index contributed by atoms with van der Waals surface area (Å²) < 4.78 is 5.11. The average molecular weight is 318 g/mol. The number of rotatable bonds is 4. The van der Waals surface area contributed by atoms with Gasteiger partial charge in [-0.1, -0.05) is 23.2 Å². The molecule has 1 atom stereocenters. The van der Waals surface area contributed by atoms with E-state index in [-0.39, 0.29) is 0 Å². The Balaban J connectivity index is 2.12. The second-order valence-electron chi connectivity index (χ2n) is 5.40. The molecule has 110 valence electrons. The van der Waals surface area contributed by atoms with Crippen molar-refractivity contribution in [1.29, 1.82) is 0 Å². The number of halogens is 2. The number of carbonyl (C=O) groups is 1. The quantitative estimate of drug-likeness (QED) is 0.925. The predicted molar refractivity (Wildman–Crippen MR) is 78.7 cm³/mol. The normalized spacial score (nSPS) is 23.0. The molecule has 1 aromatic rings. The van der Waals surface area contributed by atoms with Crippen LogP contribution in [0.3, 0.4) is 0 Å². The number of nitrogens with zero attached hydrogens (tertiary/aromatic N) is 1. The minimum absolute atomic E-state index is 0.507. The van der Waals surface area contributed by atoms with Gasteiger partial charge < -0.3 is 9.84 Å². The molecule has 2 rings (SSSR count). The second kappa shape index (κ2) is 5.80. The van der Waals surface area contributed by atoms with Gasteiger partial charge in [0.2, 0.25) is 0 Å². The summed E-state index contributed by atoms with van der Waals surface area (Å²) in [7, 11) is 1.54. The van der Waals surface area contributed by atoms with Crippen LogP contribution >= 0.6 is 23.2 Å². The fraction of sp³-hybridized carbons (Fsp3) is 0.500. The van der Waals surface area contributed by atoms with E-state index in [9.17, 15) is 9.90 Å². The summed E-state index contributed by atoms with van der Waals surface area (Å²) >= 11 is 12.3. The van der Waals surface area contributed by atoms with Crippen LogP contribution in [0.15, 0.2) is 12.1 Å². The first-order chi connectivity index (χ1) is 9.35. The Kier molecular flexibility index (Phi) is 4.47. The van der Waals surface area contributed by atoms with Crippen LogP contribution in [0.2, 0.25) is 10.0 Å². The van der Waals surface area contributed by atoms with Crippen LogP contribution in [-0.4, -0.2) is 36.2 Å². The molecule has 1 unspecified atom stereocenters. The van der Waals surface area contributed by atoms with E-state index in [2.05, 4.69) is 4.90 Å². The molecule has 0 aliphatic carbocycles. The number of likely N-dealkylation sites (tertiary alicyclic amines) is 1. The molecule has 1 N–H and O–H groups in total. The average Bonchev–Trinajstić information content (AvgIpc) is 2.76. The van der Waals surface area contributed by atoms with Crippen LogP contribution in [0.25, 0.3) is 0 Å². The number of methoxy groups -OCH3 is 1. The third-order valence-corrected chi connectivity index (χ3v) is 4.43. The Morgan fingerprint density at radius 2 is 2.15 bits per heavy atom. The molecule has 4 nitrogen and oxygen atoms in total. The van der Waals surface area contributed by atoms with Crippen molar-refractivity contribution in [3.05, 3.63) is 27.7 Å². The van der Waals surface area contributed by atoms with E-state index in [0.717, 1.165) is 12.1 Å². The van der Waals surface area contributed by atoms with E-state index in [1.54, 1.807) is 19.1 Å². The predicted octanol–water partition coefficient (Wildman–Crippen LogP) is 3.30. The number of carboxylic acids is 1. The van der Waals surface area contributed by atoms with Crippen LogP contribution in [0.1, 0.15) is 18.9 Å². The summed E-state index contributed by atoms with van der Waals surface area (Å²) in [5, 5.41) is 10.3. The molecule has 0 bridgehead atoms. The zero-order chi connectivity index (χ0) is 14.9. The van der Waals surface area contributed by atoms with Crippen LogP contribution in [0.4, 0.5) is 0 Å². The van der Waals surface area contributed by atoms with E-state index in [1.165, 1.54) is 7.11 Å². The van der Waals surface area contributed by atoms with Gasteiger partial charge in [0.25, 0.3) is 0 Å². The number of carboxylic acid groups (broad SMARTS) is 1.